The van der Waals surface area contributed by atoms with Crippen molar-refractivity contribution in [2.75, 3.05) is 7.05 Å². The van der Waals surface area contributed by atoms with Crippen LogP contribution in [0.4, 0.5) is 5.69 Å². The number of nitro groups is 1. The minimum atomic E-state index is -4.02. The molecule has 0 aliphatic heterocycles. The summed E-state index contributed by atoms with van der Waals surface area (Å²) in [7, 11) is -2.89. The minimum absolute atomic E-state index is 0.00976. The normalized spacial score (nSPS) is 12.4. The molecule has 0 saturated carbocycles. The van der Waals surface area contributed by atoms with Gasteiger partial charge in [0, 0.05) is 18.7 Å². The zero-order chi connectivity index (χ0) is 16.4. The summed E-state index contributed by atoms with van der Waals surface area (Å²) in [5, 5.41) is 20.0. The van der Waals surface area contributed by atoms with Crippen LogP contribution in [0.1, 0.15) is 19.4 Å². The molecule has 0 spiro atoms. The molecule has 1 aromatic carbocycles. The van der Waals surface area contributed by atoms with Crippen LogP contribution in [0.2, 0.25) is 0 Å². The van der Waals surface area contributed by atoms with Crippen LogP contribution >= 0.6 is 0 Å². The van der Waals surface area contributed by atoms with Crippen molar-refractivity contribution in [2.45, 2.75) is 25.1 Å². The monoisotopic (exact) mass is 316 g/mol. The van der Waals surface area contributed by atoms with Gasteiger partial charge in [0.2, 0.25) is 10.0 Å². The molecule has 0 radical (unpaired) electrons. The van der Waals surface area contributed by atoms with Gasteiger partial charge in [-0.25, -0.2) is 8.42 Å². The fraction of sp³-hybridized carbons (Fsp3) is 0.417. The Labute approximate surface area is 122 Å². The third-order valence-electron chi connectivity index (χ3n) is 3.25. The van der Waals surface area contributed by atoms with Crippen molar-refractivity contribution in [1.82, 2.24) is 4.31 Å². The van der Waals surface area contributed by atoms with E-state index in [9.17, 15) is 23.3 Å². The predicted octanol–water partition coefficient (Wildman–Crippen LogP) is 1.22. The van der Waals surface area contributed by atoms with Crippen molar-refractivity contribution in [1.29, 1.82) is 0 Å². The van der Waals surface area contributed by atoms with Crippen molar-refractivity contribution in [3.05, 3.63) is 39.9 Å². The third-order valence-corrected chi connectivity index (χ3v) is 5.22. The molecule has 0 atom stereocenters. The predicted molar refractivity (Wildman–Crippen MR) is 75.2 cm³/mol. The number of nitrogens with zero attached hydrogens (tertiary/aromatic N) is 2. The van der Waals surface area contributed by atoms with Crippen molar-refractivity contribution < 1.29 is 23.2 Å². The summed E-state index contributed by atoms with van der Waals surface area (Å²) in [6.45, 7) is 2.48. The molecular formula is C12H16N2O6S. The van der Waals surface area contributed by atoms with Crippen LogP contribution in [0.25, 0.3) is 0 Å². The number of hydrogen-bond donors (Lipinski definition) is 1. The Morgan fingerprint density at radius 1 is 1.38 bits per heavy atom. The summed E-state index contributed by atoms with van der Waals surface area (Å²) in [6, 6.07) is 5.45. The summed E-state index contributed by atoms with van der Waals surface area (Å²) < 4.78 is 25.2. The zero-order valence-corrected chi connectivity index (χ0v) is 12.6. The molecule has 0 unspecified atom stereocenters. The number of carbonyl (C=O) groups is 1. The van der Waals surface area contributed by atoms with Crippen LogP contribution in [0, 0.1) is 10.1 Å². The molecular weight excluding hydrogens is 300 g/mol. The van der Waals surface area contributed by atoms with Crippen molar-refractivity contribution >= 4 is 21.7 Å². The molecule has 0 aliphatic rings. The van der Waals surface area contributed by atoms with E-state index in [2.05, 4.69) is 0 Å². The van der Waals surface area contributed by atoms with Gasteiger partial charge in [-0.3, -0.25) is 14.9 Å². The maximum atomic E-state index is 12.3. The molecule has 0 fully saturated rings. The number of benzene rings is 1. The number of sulfonamides is 1. The minimum Gasteiger partial charge on any atom is -0.480 e. The number of carboxylic acid groups (broad SMARTS) is 1. The van der Waals surface area contributed by atoms with E-state index in [0.29, 0.717) is 4.31 Å². The van der Waals surface area contributed by atoms with Gasteiger partial charge < -0.3 is 5.11 Å². The molecule has 0 saturated heterocycles. The molecule has 0 aliphatic carbocycles. The number of aliphatic carboxylic acids is 1. The van der Waals surface area contributed by atoms with Gasteiger partial charge >= 0.3 is 5.97 Å². The number of rotatable bonds is 6. The Morgan fingerprint density at radius 3 is 2.38 bits per heavy atom. The van der Waals surface area contributed by atoms with Gasteiger partial charge in [-0.05, 0) is 13.8 Å². The lowest BCUT2D eigenvalue weighted by molar-refractivity contribution is -0.385. The van der Waals surface area contributed by atoms with E-state index in [1.165, 1.54) is 38.1 Å². The first-order chi connectivity index (χ1) is 9.50. The van der Waals surface area contributed by atoms with Crippen LogP contribution in [0.5, 0.6) is 0 Å². The quantitative estimate of drug-likeness (QED) is 0.622. The number of carboxylic acids is 1. The molecule has 0 aromatic heterocycles. The SMILES string of the molecule is CN(C(C)(C)C(=O)O)S(=O)(=O)Cc1ccccc1[N+](=O)[O-]. The van der Waals surface area contributed by atoms with Gasteiger partial charge in [0.05, 0.1) is 10.7 Å². The Bertz CT molecular complexity index is 668. The molecule has 1 aromatic rings. The summed E-state index contributed by atoms with van der Waals surface area (Å²) in [5.41, 5.74) is -1.96. The number of nitro benzene ring substituents is 1. The first-order valence-corrected chi connectivity index (χ1v) is 7.53. The fourth-order valence-corrected chi connectivity index (χ4v) is 3.19. The largest absolute Gasteiger partial charge is 0.480 e. The van der Waals surface area contributed by atoms with E-state index in [4.69, 9.17) is 5.11 Å². The van der Waals surface area contributed by atoms with Gasteiger partial charge in [-0.2, -0.15) is 4.31 Å². The topological polar surface area (TPSA) is 118 Å². The van der Waals surface area contributed by atoms with E-state index < -0.39 is 32.2 Å². The second-order valence-electron chi connectivity index (χ2n) is 4.97. The highest BCUT2D eigenvalue weighted by atomic mass is 32.2. The summed E-state index contributed by atoms with van der Waals surface area (Å²) in [4.78, 5) is 21.3. The fourth-order valence-electron chi connectivity index (χ4n) is 1.59. The first-order valence-electron chi connectivity index (χ1n) is 5.92. The van der Waals surface area contributed by atoms with Crippen LogP contribution in [-0.4, -0.2) is 41.3 Å². The average Bonchev–Trinajstić information content (AvgIpc) is 2.37. The maximum Gasteiger partial charge on any atom is 0.324 e. The zero-order valence-electron chi connectivity index (χ0n) is 11.8. The van der Waals surface area contributed by atoms with Crippen molar-refractivity contribution in [3.8, 4) is 0 Å². The molecule has 116 valence electrons. The summed E-state index contributed by atoms with van der Waals surface area (Å²) in [6.07, 6.45) is 0. The summed E-state index contributed by atoms with van der Waals surface area (Å²) in [5.74, 6) is -1.95. The number of para-hydroxylation sites is 1. The van der Waals surface area contributed by atoms with Crippen LogP contribution in [-0.2, 0) is 20.6 Å². The molecule has 0 bridgehead atoms. The third kappa shape index (κ3) is 3.56. The van der Waals surface area contributed by atoms with Gasteiger partial charge in [0.15, 0.2) is 0 Å². The highest BCUT2D eigenvalue weighted by molar-refractivity contribution is 7.88. The van der Waals surface area contributed by atoms with E-state index in [-0.39, 0.29) is 11.3 Å². The Balaban J connectivity index is 3.18. The van der Waals surface area contributed by atoms with Crippen LogP contribution < -0.4 is 0 Å². The second kappa shape index (κ2) is 5.78. The van der Waals surface area contributed by atoms with Gasteiger partial charge in [-0.15, -0.1) is 0 Å². The van der Waals surface area contributed by atoms with Gasteiger partial charge in [0.25, 0.3) is 5.69 Å². The Hall–Kier alpha value is -2.00. The lowest BCUT2D eigenvalue weighted by atomic mass is 10.1. The molecule has 8 nitrogen and oxygen atoms in total. The molecule has 9 heteroatoms. The number of hydrogen-bond acceptors (Lipinski definition) is 5. The van der Waals surface area contributed by atoms with Crippen molar-refractivity contribution in [3.63, 3.8) is 0 Å². The van der Waals surface area contributed by atoms with E-state index in [1.54, 1.807) is 0 Å². The maximum absolute atomic E-state index is 12.3. The van der Waals surface area contributed by atoms with Crippen LogP contribution in [0.15, 0.2) is 24.3 Å². The van der Waals surface area contributed by atoms with E-state index in [1.807, 2.05) is 0 Å². The van der Waals surface area contributed by atoms with E-state index in [0.717, 1.165) is 7.05 Å². The van der Waals surface area contributed by atoms with E-state index >= 15 is 0 Å². The average molecular weight is 316 g/mol. The highest BCUT2D eigenvalue weighted by Crippen LogP contribution is 2.24. The highest BCUT2D eigenvalue weighted by Gasteiger charge is 2.39. The van der Waals surface area contributed by atoms with Gasteiger partial charge in [0.1, 0.15) is 5.54 Å². The molecule has 0 amide bonds. The smallest absolute Gasteiger partial charge is 0.324 e. The Kier molecular flexibility index (Phi) is 4.69. The molecule has 1 N–H and O–H groups in total. The Morgan fingerprint density at radius 2 is 1.90 bits per heavy atom. The molecule has 0 heterocycles. The first kappa shape index (κ1) is 17.1. The summed E-state index contributed by atoms with van der Waals surface area (Å²) >= 11 is 0. The van der Waals surface area contributed by atoms with Crippen molar-refractivity contribution in [2.24, 2.45) is 0 Å². The lowest BCUT2D eigenvalue weighted by Gasteiger charge is -2.30. The number of likely N-dealkylation sites (N-methyl/N-ethyl adjacent to an activating group) is 1. The second-order valence-corrected chi connectivity index (χ2v) is 6.97. The van der Waals surface area contributed by atoms with Gasteiger partial charge in [-0.1, -0.05) is 18.2 Å². The molecule has 1 rings (SSSR count). The van der Waals surface area contributed by atoms with Crippen LogP contribution in [0.3, 0.4) is 0 Å². The standard InChI is InChI=1S/C12H16N2O6S/c1-12(2,11(15)16)13(3)21(19,20)8-9-6-4-5-7-10(9)14(17)18/h4-7H,8H2,1-3H3,(H,15,16). The lowest BCUT2D eigenvalue weighted by Crippen LogP contribution is -2.51. The molecule has 21 heavy (non-hydrogen) atoms.